The minimum Gasteiger partial charge on any atom is -0.508 e. The van der Waals surface area contributed by atoms with Crippen LogP contribution in [-0.2, 0) is 19.2 Å². The van der Waals surface area contributed by atoms with E-state index in [0.717, 1.165) is 11.1 Å². The van der Waals surface area contributed by atoms with Crippen molar-refractivity contribution in [3.63, 3.8) is 0 Å². The molecule has 346 valence electrons. The fraction of sp³-hybridized carbons (Fsp3) is 0.151. The maximum atomic E-state index is 12.8. The number of nitrogens with zero attached hydrogens (tertiary/aromatic N) is 2. The zero-order valence-corrected chi connectivity index (χ0v) is 36.5. The largest absolute Gasteiger partial charge is 0.508 e. The topological polar surface area (TPSA) is 256 Å². The van der Waals surface area contributed by atoms with Gasteiger partial charge in [-0.05, 0) is 77.9 Å². The molecule has 69 heavy (non-hydrogen) atoms. The number of carboxylic acid groups (broad SMARTS) is 5. The molecule has 4 aromatic carbocycles. The predicted molar refractivity (Wildman–Crippen MR) is 254 cm³/mol. The minimum absolute atomic E-state index is 0.0272. The van der Waals surface area contributed by atoms with E-state index in [1.807, 2.05) is 12.1 Å². The molecule has 2 aliphatic carbocycles. The van der Waals surface area contributed by atoms with Gasteiger partial charge >= 0.3 is 29.8 Å². The van der Waals surface area contributed by atoms with Crippen molar-refractivity contribution < 1.29 is 63.4 Å². The second-order valence-corrected chi connectivity index (χ2v) is 16.1. The van der Waals surface area contributed by atoms with Crippen molar-refractivity contribution in [3.05, 3.63) is 148 Å². The van der Waals surface area contributed by atoms with Crippen molar-refractivity contribution in [3.8, 4) is 62.5 Å². The molecule has 0 amide bonds. The summed E-state index contributed by atoms with van der Waals surface area (Å²) < 4.78 is 14.1. The van der Waals surface area contributed by atoms with Crippen molar-refractivity contribution in [1.29, 1.82) is 0 Å². The maximum Gasteiger partial charge on any atom is 0.336 e. The van der Waals surface area contributed by atoms with E-state index < -0.39 is 29.8 Å². The number of anilines is 1. The Kier molecular flexibility index (Phi) is 13.2. The van der Waals surface area contributed by atoms with Crippen LogP contribution >= 0.6 is 0 Å². The van der Waals surface area contributed by atoms with Crippen molar-refractivity contribution in [1.82, 2.24) is 4.58 Å². The number of hydrogen-bond donors (Lipinski definition) is 6. The molecule has 16 heteroatoms. The van der Waals surface area contributed by atoms with E-state index in [1.165, 1.54) is 30.3 Å². The summed E-state index contributed by atoms with van der Waals surface area (Å²) in [6.45, 7) is 0.109. The van der Waals surface area contributed by atoms with Crippen LogP contribution in [0.3, 0.4) is 0 Å². The van der Waals surface area contributed by atoms with Gasteiger partial charge in [-0.3, -0.25) is 24.0 Å². The molecular weight excluding hydrogens is 889 g/mol. The Labute approximate surface area is 391 Å². The smallest absolute Gasteiger partial charge is 0.336 e. The Morgan fingerprint density at radius 1 is 0.536 bits per heavy atom. The zero-order chi connectivity index (χ0) is 48.9. The van der Waals surface area contributed by atoms with Crippen molar-refractivity contribution in [2.75, 3.05) is 31.1 Å². The van der Waals surface area contributed by atoms with Gasteiger partial charge in [0, 0.05) is 87.2 Å². The third kappa shape index (κ3) is 10.4. The molecule has 0 saturated carbocycles. The second kappa shape index (κ2) is 19.7. The van der Waals surface area contributed by atoms with Crippen LogP contribution in [0.25, 0.3) is 66.8 Å². The molecule has 0 atom stereocenters. The van der Waals surface area contributed by atoms with Crippen molar-refractivity contribution in [2.24, 2.45) is 0 Å². The first-order chi connectivity index (χ1) is 33.1. The second-order valence-electron chi connectivity index (χ2n) is 16.1. The fourth-order valence-electron chi connectivity index (χ4n) is 8.27. The van der Waals surface area contributed by atoms with E-state index >= 15 is 0 Å². The summed E-state index contributed by atoms with van der Waals surface area (Å²) in [5.74, 6) is 1.26. The van der Waals surface area contributed by atoms with E-state index in [2.05, 4.69) is 11.8 Å². The van der Waals surface area contributed by atoms with E-state index in [9.17, 15) is 59.4 Å². The Morgan fingerprint density at radius 2 is 1.09 bits per heavy atom. The van der Waals surface area contributed by atoms with Crippen LogP contribution in [0.15, 0.2) is 129 Å². The highest BCUT2D eigenvalue weighted by Crippen LogP contribution is 2.43. The third-order valence-electron chi connectivity index (χ3n) is 11.5. The molecule has 0 unspecified atom stereocenters. The number of aromatic carboxylic acids is 1. The van der Waals surface area contributed by atoms with Gasteiger partial charge in [0.2, 0.25) is 5.36 Å². The number of fused-ring (bicyclic) bond motifs is 4. The summed E-state index contributed by atoms with van der Waals surface area (Å²) in [6.07, 6.45) is -0.992. The lowest BCUT2D eigenvalue weighted by molar-refractivity contribution is -0.138. The van der Waals surface area contributed by atoms with Crippen LogP contribution in [0.4, 0.5) is 5.69 Å². The lowest BCUT2D eigenvalue weighted by Gasteiger charge is -2.24. The lowest BCUT2D eigenvalue weighted by atomic mass is 9.90. The van der Waals surface area contributed by atoms with Crippen LogP contribution in [0.1, 0.15) is 47.2 Å². The van der Waals surface area contributed by atoms with Gasteiger partial charge in [0.15, 0.2) is 18.5 Å². The molecule has 4 aliphatic rings. The Hall–Kier alpha value is -9.23. The number of rotatable bonds is 16. The molecular formula is C53H41N2O14+. The van der Waals surface area contributed by atoms with Gasteiger partial charge < -0.3 is 44.4 Å². The van der Waals surface area contributed by atoms with Crippen molar-refractivity contribution in [2.45, 2.75) is 25.7 Å². The van der Waals surface area contributed by atoms with E-state index in [4.69, 9.17) is 8.83 Å². The van der Waals surface area contributed by atoms with Crippen LogP contribution in [0, 0.1) is 11.8 Å². The van der Waals surface area contributed by atoms with Crippen molar-refractivity contribution >= 4 is 57.5 Å². The van der Waals surface area contributed by atoms with Gasteiger partial charge in [-0.2, -0.15) is 0 Å². The molecule has 6 N–H and O–H groups in total. The van der Waals surface area contributed by atoms with E-state index in [-0.39, 0.29) is 79.9 Å². The summed E-state index contributed by atoms with van der Waals surface area (Å²) in [6, 6.07) is 31.3. The highest BCUT2D eigenvalue weighted by molar-refractivity contribution is 6.08. The molecule has 2 heterocycles. The molecule has 0 radical (unpaired) electrons. The predicted octanol–water partition coefficient (Wildman–Crippen LogP) is 7.36. The van der Waals surface area contributed by atoms with Gasteiger partial charge in [0.25, 0.3) is 0 Å². The number of aliphatic carboxylic acids is 4. The summed E-state index contributed by atoms with van der Waals surface area (Å²) in [7, 11) is 0. The van der Waals surface area contributed by atoms with Gasteiger partial charge in [0.1, 0.15) is 41.3 Å². The first-order valence-electron chi connectivity index (χ1n) is 21.5. The number of hydrogen-bond acceptors (Lipinski definition) is 10. The average Bonchev–Trinajstić information content (AvgIpc) is 3.31. The maximum absolute atomic E-state index is 12.8. The molecule has 0 fully saturated rings. The van der Waals surface area contributed by atoms with Gasteiger partial charge in [0.05, 0.1) is 24.5 Å². The molecule has 0 saturated heterocycles. The SMILES string of the molecule is O=C(O)CCN(CCC(=O)O)c1ccc2c(-c3ccc(C#Cc4ccc(-c5c6ccc(=O)cc-6oc6cc(O)ccc56)c(C(=O)O)c4)cc3)c3ccc(=[N+](CCC(=O)O)CCC(=O)O)cc-3oc2c1. The van der Waals surface area contributed by atoms with Crippen LogP contribution < -0.4 is 20.3 Å². The number of phenols is 1. The highest BCUT2D eigenvalue weighted by Gasteiger charge is 2.24. The summed E-state index contributed by atoms with van der Waals surface area (Å²) in [5, 5.41) is 60.1. The Balaban J connectivity index is 1.21. The number of benzene rings is 6. The summed E-state index contributed by atoms with van der Waals surface area (Å²) >= 11 is 0. The summed E-state index contributed by atoms with van der Waals surface area (Å²) in [5.41, 5.74) is 5.25. The number of aromatic hydroxyl groups is 1. The Bertz CT molecular complexity index is 3460. The quantitative estimate of drug-likeness (QED) is 0.0314. The summed E-state index contributed by atoms with van der Waals surface area (Å²) in [4.78, 5) is 72.9. The van der Waals surface area contributed by atoms with Gasteiger partial charge in [-0.1, -0.05) is 30.0 Å². The molecule has 0 spiro atoms. The van der Waals surface area contributed by atoms with Crippen LogP contribution in [0.2, 0.25) is 0 Å². The van der Waals surface area contributed by atoms with Gasteiger partial charge in [-0.25, -0.2) is 9.37 Å². The first-order valence-corrected chi connectivity index (χ1v) is 21.5. The third-order valence-corrected chi connectivity index (χ3v) is 11.5. The number of phenolic OH excluding ortho intramolecular Hbond substituents is 1. The molecule has 4 aromatic rings. The molecule has 8 rings (SSSR count). The molecule has 0 bridgehead atoms. The zero-order valence-electron chi connectivity index (χ0n) is 36.5. The monoisotopic (exact) mass is 929 g/mol. The number of carboxylic acids is 5. The minimum atomic E-state index is -1.21. The standard InChI is InChI=1S/C53H40N2O14/c56-35-10-15-40-45(28-35)69-46-29-36(57)11-16-41(46)52(40)37-12-5-31(25-42(37)53(66)67)2-1-30-3-6-32(7-4-30)51-38-13-8-33(54(21-17-47(58)59)22-18-48(60)61)26-43(38)68-44-27-34(9-14-39(44)51)55(23-19-49(62)63)24-20-50(64)65/h3-16,25-29H,17-24H2,(H5-,56,57,58,59,60,61,62,63,64,65,66,67)/p+1. The highest BCUT2D eigenvalue weighted by atomic mass is 16.4. The molecule has 0 aromatic heterocycles. The first kappa shape index (κ1) is 46.3. The average molecular weight is 930 g/mol. The number of carbonyl (C=O) groups is 5. The fourth-order valence-corrected chi connectivity index (χ4v) is 8.27. The lowest BCUT2D eigenvalue weighted by Crippen LogP contribution is -2.33. The van der Waals surface area contributed by atoms with E-state index in [0.29, 0.717) is 66.5 Å². The van der Waals surface area contributed by atoms with E-state index in [1.54, 1.807) is 82.3 Å². The van der Waals surface area contributed by atoms with Crippen LogP contribution in [-0.4, -0.2) is 86.7 Å². The molecule has 16 nitrogen and oxygen atoms in total. The molecule has 2 aliphatic heterocycles. The normalized spacial score (nSPS) is 11.1. The Morgan fingerprint density at radius 3 is 1.74 bits per heavy atom. The van der Waals surface area contributed by atoms with Gasteiger partial charge in [-0.15, -0.1) is 0 Å². The van der Waals surface area contributed by atoms with Crippen LogP contribution in [0.5, 0.6) is 5.75 Å².